The second kappa shape index (κ2) is 6.86. The highest BCUT2D eigenvalue weighted by atomic mass is 16.5. The van der Waals surface area contributed by atoms with Crippen LogP contribution in [0.4, 0.5) is 0 Å². The van der Waals surface area contributed by atoms with Gasteiger partial charge in [0, 0.05) is 12.7 Å². The molecule has 1 atom stereocenters. The Kier molecular flexibility index (Phi) is 4.66. The van der Waals surface area contributed by atoms with Gasteiger partial charge in [0.1, 0.15) is 6.10 Å². The third-order valence-electron chi connectivity index (χ3n) is 4.46. The van der Waals surface area contributed by atoms with Crippen molar-refractivity contribution in [1.82, 2.24) is 4.98 Å². The molecule has 1 aliphatic rings. The average Bonchev–Trinajstić information content (AvgIpc) is 2.58. The Morgan fingerprint density at radius 3 is 2.43 bits per heavy atom. The Morgan fingerprint density at radius 2 is 1.71 bits per heavy atom. The van der Waals surface area contributed by atoms with Crippen LogP contribution in [-0.4, -0.2) is 12.1 Å². The van der Waals surface area contributed by atoms with E-state index >= 15 is 0 Å². The normalized spacial score (nSPS) is 17.6. The Hall–Kier alpha value is -1.67. The SMILES string of the molecule is COC(c1cccc(-c2ccccc2)n1)C1CCCCC1. The molecule has 2 aromatic rings. The molecule has 0 bridgehead atoms. The number of aromatic nitrogens is 1. The predicted octanol–water partition coefficient (Wildman–Crippen LogP) is 5.02. The summed E-state index contributed by atoms with van der Waals surface area (Å²) in [5.41, 5.74) is 3.27. The third kappa shape index (κ3) is 3.33. The van der Waals surface area contributed by atoms with Crippen molar-refractivity contribution in [2.75, 3.05) is 7.11 Å². The van der Waals surface area contributed by atoms with Crippen molar-refractivity contribution >= 4 is 0 Å². The van der Waals surface area contributed by atoms with Crippen LogP contribution in [0.1, 0.15) is 43.9 Å². The zero-order valence-electron chi connectivity index (χ0n) is 12.7. The van der Waals surface area contributed by atoms with Crippen molar-refractivity contribution in [3.8, 4) is 11.3 Å². The summed E-state index contributed by atoms with van der Waals surface area (Å²) in [4.78, 5) is 4.86. The zero-order chi connectivity index (χ0) is 14.5. The van der Waals surface area contributed by atoms with E-state index in [1.165, 1.54) is 32.1 Å². The molecule has 0 saturated heterocycles. The maximum atomic E-state index is 5.80. The quantitative estimate of drug-likeness (QED) is 0.785. The van der Waals surface area contributed by atoms with Gasteiger partial charge in [-0.15, -0.1) is 0 Å². The van der Waals surface area contributed by atoms with Crippen LogP contribution >= 0.6 is 0 Å². The Bertz CT molecular complexity index is 561. The molecule has 0 spiro atoms. The predicted molar refractivity (Wildman–Crippen MR) is 86.0 cm³/mol. The van der Waals surface area contributed by atoms with Gasteiger partial charge in [0.2, 0.25) is 0 Å². The van der Waals surface area contributed by atoms with Crippen LogP contribution in [0.3, 0.4) is 0 Å². The Labute approximate surface area is 127 Å². The van der Waals surface area contributed by atoms with Gasteiger partial charge in [-0.2, -0.15) is 0 Å². The number of ether oxygens (including phenoxy) is 1. The van der Waals surface area contributed by atoms with Crippen LogP contribution < -0.4 is 0 Å². The topological polar surface area (TPSA) is 22.1 Å². The number of benzene rings is 1. The number of hydrogen-bond acceptors (Lipinski definition) is 2. The van der Waals surface area contributed by atoms with E-state index in [0.717, 1.165) is 17.0 Å². The number of nitrogens with zero attached hydrogens (tertiary/aromatic N) is 1. The maximum Gasteiger partial charge on any atom is 0.102 e. The Balaban J connectivity index is 1.87. The molecule has 1 unspecified atom stereocenters. The highest BCUT2D eigenvalue weighted by Crippen LogP contribution is 2.36. The highest BCUT2D eigenvalue weighted by molar-refractivity contribution is 5.58. The fourth-order valence-electron chi connectivity index (χ4n) is 3.37. The second-order valence-electron chi connectivity index (χ2n) is 5.87. The lowest BCUT2D eigenvalue weighted by molar-refractivity contribution is 0.0324. The van der Waals surface area contributed by atoms with Crippen molar-refractivity contribution < 1.29 is 4.74 Å². The molecule has 0 amide bonds. The molecule has 1 heterocycles. The summed E-state index contributed by atoms with van der Waals surface area (Å²) >= 11 is 0. The van der Waals surface area contributed by atoms with Crippen molar-refractivity contribution in [3.05, 3.63) is 54.2 Å². The van der Waals surface area contributed by atoms with Crippen molar-refractivity contribution in [2.24, 2.45) is 5.92 Å². The van der Waals surface area contributed by atoms with E-state index in [4.69, 9.17) is 9.72 Å². The summed E-state index contributed by atoms with van der Waals surface area (Å²) in [6, 6.07) is 16.6. The molecule has 1 aromatic heterocycles. The molecule has 2 heteroatoms. The van der Waals surface area contributed by atoms with Crippen molar-refractivity contribution in [3.63, 3.8) is 0 Å². The largest absolute Gasteiger partial charge is 0.375 e. The number of hydrogen-bond donors (Lipinski definition) is 0. The van der Waals surface area contributed by atoms with E-state index in [0.29, 0.717) is 5.92 Å². The molecule has 0 N–H and O–H groups in total. The smallest absolute Gasteiger partial charge is 0.102 e. The molecule has 110 valence electrons. The number of pyridine rings is 1. The minimum atomic E-state index is 0.133. The molecule has 21 heavy (non-hydrogen) atoms. The minimum Gasteiger partial charge on any atom is -0.375 e. The van der Waals surface area contributed by atoms with Crippen LogP contribution in [0, 0.1) is 5.92 Å². The van der Waals surface area contributed by atoms with Gasteiger partial charge < -0.3 is 4.74 Å². The van der Waals surface area contributed by atoms with Gasteiger partial charge in [-0.1, -0.05) is 55.7 Å². The molecular formula is C19H23NO. The van der Waals surface area contributed by atoms with Gasteiger partial charge in [0.15, 0.2) is 0 Å². The molecule has 3 rings (SSSR count). The van der Waals surface area contributed by atoms with Crippen LogP contribution in [0.5, 0.6) is 0 Å². The summed E-state index contributed by atoms with van der Waals surface area (Å²) in [5.74, 6) is 0.613. The molecular weight excluding hydrogens is 258 g/mol. The van der Waals surface area contributed by atoms with Gasteiger partial charge in [-0.05, 0) is 30.9 Å². The van der Waals surface area contributed by atoms with Gasteiger partial charge in [0.25, 0.3) is 0 Å². The van der Waals surface area contributed by atoms with Crippen LogP contribution in [0.2, 0.25) is 0 Å². The van der Waals surface area contributed by atoms with Gasteiger partial charge in [-0.25, -0.2) is 0 Å². The summed E-state index contributed by atoms with van der Waals surface area (Å²) < 4.78 is 5.80. The first-order valence-electron chi connectivity index (χ1n) is 7.93. The highest BCUT2D eigenvalue weighted by Gasteiger charge is 2.26. The van der Waals surface area contributed by atoms with E-state index in [1.54, 1.807) is 0 Å². The average molecular weight is 281 g/mol. The van der Waals surface area contributed by atoms with Crippen LogP contribution in [-0.2, 0) is 4.74 Å². The molecule has 1 aromatic carbocycles. The minimum absolute atomic E-state index is 0.133. The van der Waals surface area contributed by atoms with Crippen LogP contribution in [0.15, 0.2) is 48.5 Å². The lowest BCUT2D eigenvalue weighted by Crippen LogP contribution is -2.19. The van der Waals surface area contributed by atoms with E-state index in [-0.39, 0.29) is 6.10 Å². The first-order chi connectivity index (χ1) is 10.4. The molecule has 1 fully saturated rings. The summed E-state index contributed by atoms with van der Waals surface area (Å²) in [6.07, 6.45) is 6.66. The van der Waals surface area contributed by atoms with E-state index < -0.39 is 0 Å². The second-order valence-corrected chi connectivity index (χ2v) is 5.87. The summed E-state index contributed by atoms with van der Waals surface area (Å²) in [5, 5.41) is 0. The van der Waals surface area contributed by atoms with E-state index in [9.17, 15) is 0 Å². The van der Waals surface area contributed by atoms with Crippen molar-refractivity contribution in [2.45, 2.75) is 38.2 Å². The number of rotatable bonds is 4. The van der Waals surface area contributed by atoms with Gasteiger partial charge in [0.05, 0.1) is 11.4 Å². The van der Waals surface area contributed by atoms with Gasteiger partial charge >= 0.3 is 0 Å². The summed E-state index contributed by atoms with van der Waals surface area (Å²) in [6.45, 7) is 0. The lowest BCUT2D eigenvalue weighted by Gasteiger charge is -2.29. The Morgan fingerprint density at radius 1 is 0.952 bits per heavy atom. The fourth-order valence-corrected chi connectivity index (χ4v) is 3.37. The molecule has 0 aliphatic heterocycles. The zero-order valence-corrected chi connectivity index (χ0v) is 12.7. The fraction of sp³-hybridized carbons (Fsp3) is 0.421. The first-order valence-corrected chi connectivity index (χ1v) is 7.93. The standard InChI is InChI=1S/C19H23NO/c1-21-19(16-11-6-3-7-12-16)18-14-8-13-17(20-18)15-9-4-2-5-10-15/h2,4-5,8-10,13-14,16,19H,3,6-7,11-12H2,1H3. The van der Waals surface area contributed by atoms with E-state index in [2.05, 4.69) is 42.5 Å². The molecule has 0 radical (unpaired) electrons. The summed E-state index contributed by atoms with van der Waals surface area (Å²) in [7, 11) is 1.82. The van der Waals surface area contributed by atoms with Crippen molar-refractivity contribution in [1.29, 1.82) is 0 Å². The van der Waals surface area contributed by atoms with Gasteiger partial charge in [-0.3, -0.25) is 4.98 Å². The van der Waals surface area contributed by atoms with E-state index in [1.807, 2.05) is 13.2 Å². The monoisotopic (exact) mass is 281 g/mol. The molecule has 1 aliphatic carbocycles. The molecule has 1 saturated carbocycles. The van der Waals surface area contributed by atoms with Crippen LogP contribution in [0.25, 0.3) is 11.3 Å². The first kappa shape index (κ1) is 14.3. The lowest BCUT2D eigenvalue weighted by atomic mass is 9.84. The molecule has 2 nitrogen and oxygen atoms in total. The maximum absolute atomic E-state index is 5.80. The number of methoxy groups -OCH3 is 1. The third-order valence-corrected chi connectivity index (χ3v) is 4.46.